The van der Waals surface area contributed by atoms with Gasteiger partial charge in [0.15, 0.2) is 0 Å². The molecule has 21 heavy (non-hydrogen) atoms. The van der Waals surface area contributed by atoms with Crippen molar-refractivity contribution in [3.05, 3.63) is 0 Å². The Kier molecular flexibility index (Phi) is 6.97. The number of hydrogen-bond donors (Lipinski definition) is 1. The van der Waals surface area contributed by atoms with E-state index in [1.807, 2.05) is 0 Å². The number of carbonyl (C=O) groups excluding carboxylic acids is 1. The van der Waals surface area contributed by atoms with Gasteiger partial charge in [-0.15, -0.1) is 0 Å². The molecule has 2 saturated heterocycles. The highest BCUT2D eigenvalue weighted by Crippen LogP contribution is 2.20. The molecule has 2 fully saturated rings. The number of likely N-dealkylation sites (tertiary alicyclic amines) is 1. The standard InChI is InChI=1S/C17H33N3O/c1-3-4-10-19(2)14-15-7-11-20(12-8-15)17(21)13-16-6-5-9-18-16/h15-16,18H,3-14H2,1-2H3. The van der Waals surface area contributed by atoms with E-state index < -0.39 is 0 Å². The van der Waals surface area contributed by atoms with Gasteiger partial charge in [-0.2, -0.15) is 0 Å². The molecule has 2 rings (SSSR count). The van der Waals surface area contributed by atoms with Gasteiger partial charge in [0.05, 0.1) is 0 Å². The van der Waals surface area contributed by atoms with Crippen LogP contribution in [0.15, 0.2) is 0 Å². The molecule has 1 atom stereocenters. The Morgan fingerprint density at radius 3 is 2.67 bits per heavy atom. The molecule has 2 aliphatic heterocycles. The minimum Gasteiger partial charge on any atom is -0.343 e. The number of unbranched alkanes of at least 4 members (excludes halogenated alkanes) is 1. The summed E-state index contributed by atoms with van der Waals surface area (Å²) in [7, 11) is 2.24. The van der Waals surface area contributed by atoms with E-state index in [1.54, 1.807) is 0 Å². The lowest BCUT2D eigenvalue weighted by Crippen LogP contribution is -2.42. The molecular weight excluding hydrogens is 262 g/mol. The first kappa shape index (κ1) is 16.8. The summed E-state index contributed by atoms with van der Waals surface area (Å²) >= 11 is 0. The van der Waals surface area contributed by atoms with Gasteiger partial charge in [0.1, 0.15) is 0 Å². The van der Waals surface area contributed by atoms with E-state index in [-0.39, 0.29) is 0 Å². The van der Waals surface area contributed by atoms with Gasteiger partial charge in [-0.05, 0) is 58.2 Å². The summed E-state index contributed by atoms with van der Waals surface area (Å²) in [4.78, 5) is 16.9. The molecule has 1 N–H and O–H groups in total. The van der Waals surface area contributed by atoms with Crippen molar-refractivity contribution >= 4 is 5.91 Å². The number of rotatable bonds is 7. The summed E-state index contributed by atoms with van der Waals surface area (Å²) in [6, 6.07) is 0.440. The SMILES string of the molecule is CCCCN(C)CC1CCN(C(=O)CC2CCCN2)CC1. The van der Waals surface area contributed by atoms with Gasteiger partial charge in [-0.1, -0.05) is 13.3 Å². The predicted octanol–water partition coefficient (Wildman–Crippen LogP) is 2.10. The van der Waals surface area contributed by atoms with Crippen LogP contribution in [0.4, 0.5) is 0 Å². The molecule has 0 radical (unpaired) electrons. The Morgan fingerprint density at radius 2 is 2.05 bits per heavy atom. The van der Waals surface area contributed by atoms with Crippen molar-refractivity contribution in [2.24, 2.45) is 5.92 Å². The summed E-state index contributed by atoms with van der Waals surface area (Å²) in [5.41, 5.74) is 0. The fourth-order valence-electron chi connectivity index (χ4n) is 3.60. The van der Waals surface area contributed by atoms with Crippen LogP contribution in [-0.4, -0.2) is 61.5 Å². The maximum absolute atomic E-state index is 12.3. The van der Waals surface area contributed by atoms with Crippen molar-refractivity contribution in [1.29, 1.82) is 0 Å². The second-order valence-electron chi connectivity index (χ2n) is 6.94. The highest BCUT2D eigenvalue weighted by molar-refractivity contribution is 5.77. The Balaban J connectivity index is 1.64. The summed E-state index contributed by atoms with van der Waals surface area (Å²) in [5.74, 6) is 1.15. The second kappa shape index (κ2) is 8.74. The smallest absolute Gasteiger partial charge is 0.224 e. The first-order valence-corrected chi connectivity index (χ1v) is 8.88. The fourth-order valence-corrected chi connectivity index (χ4v) is 3.60. The number of piperidine rings is 1. The van der Waals surface area contributed by atoms with Crippen LogP contribution in [0.2, 0.25) is 0 Å². The monoisotopic (exact) mass is 295 g/mol. The van der Waals surface area contributed by atoms with Crippen LogP contribution in [0.3, 0.4) is 0 Å². The topological polar surface area (TPSA) is 35.6 Å². The zero-order chi connectivity index (χ0) is 15.1. The Hall–Kier alpha value is -0.610. The zero-order valence-corrected chi connectivity index (χ0v) is 13.9. The molecule has 0 saturated carbocycles. The lowest BCUT2D eigenvalue weighted by atomic mass is 9.95. The Labute approximate surface area is 130 Å². The molecule has 4 nitrogen and oxygen atoms in total. The number of nitrogens with zero attached hydrogens (tertiary/aromatic N) is 2. The minimum atomic E-state index is 0.368. The van der Waals surface area contributed by atoms with Crippen LogP contribution < -0.4 is 5.32 Å². The molecule has 1 unspecified atom stereocenters. The summed E-state index contributed by atoms with van der Waals surface area (Å²) in [6.45, 7) is 7.69. The van der Waals surface area contributed by atoms with Gasteiger partial charge in [-0.3, -0.25) is 4.79 Å². The van der Waals surface area contributed by atoms with Crippen LogP contribution in [0.5, 0.6) is 0 Å². The molecule has 2 heterocycles. The van der Waals surface area contributed by atoms with Crippen molar-refractivity contribution in [1.82, 2.24) is 15.1 Å². The molecule has 0 spiro atoms. The maximum atomic E-state index is 12.3. The summed E-state index contributed by atoms with van der Waals surface area (Å²) in [5, 5.41) is 3.43. The van der Waals surface area contributed by atoms with Gasteiger partial charge in [0, 0.05) is 32.1 Å². The van der Waals surface area contributed by atoms with E-state index in [2.05, 4.69) is 29.1 Å². The third-order valence-corrected chi connectivity index (χ3v) is 5.01. The van der Waals surface area contributed by atoms with Crippen molar-refractivity contribution in [2.45, 2.75) is 57.9 Å². The summed E-state index contributed by atoms with van der Waals surface area (Å²) in [6.07, 6.45) is 8.03. The van der Waals surface area contributed by atoms with Gasteiger partial charge in [0.25, 0.3) is 0 Å². The Bertz CT molecular complexity index is 307. The first-order chi connectivity index (χ1) is 10.2. The second-order valence-corrected chi connectivity index (χ2v) is 6.94. The van der Waals surface area contributed by atoms with Gasteiger partial charge in [-0.25, -0.2) is 0 Å². The van der Waals surface area contributed by atoms with Crippen LogP contribution in [0, 0.1) is 5.92 Å². The molecule has 0 bridgehead atoms. The van der Waals surface area contributed by atoms with Crippen molar-refractivity contribution in [3.8, 4) is 0 Å². The molecule has 0 aromatic carbocycles. The Morgan fingerprint density at radius 1 is 1.29 bits per heavy atom. The van der Waals surface area contributed by atoms with Crippen molar-refractivity contribution in [2.75, 3.05) is 39.8 Å². The highest BCUT2D eigenvalue weighted by atomic mass is 16.2. The van der Waals surface area contributed by atoms with Crippen LogP contribution in [0.1, 0.15) is 51.9 Å². The third-order valence-electron chi connectivity index (χ3n) is 5.01. The van der Waals surface area contributed by atoms with Crippen LogP contribution >= 0.6 is 0 Å². The van der Waals surface area contributed by atoms with Crippen molar-refractivity contribution in [3.63, 3.8) is 0 Å². The van der Waals surface area contributed by atoms with Crippen molar-refractivity contribution < 1.29 is 4.79 Å². The van der Waals surface area contributed by atoms with Gasteiger partial charge in [0.2, 0.25) is 5.91 Å². The van der Waals surface area contributed by atoms with E-state index >= 15 is 0 Å². The fraction of sp³-hybridized carbons (Fsp3) is 0.941. The summed E-state index contributed by atoms with van der Waals surface area (Å²) < 4.78 is 0. The molecule has 0 aliphatic carbocycles. The van der Waals surface area contributed by atoms with E-state index in [1.165, 1.54) is 51.6 Å². The van der Waals surface area contributed by atoms with E-state index in [0.717, 1.165) is 25.6 Å². The normalized spacial score (nSPS) is 24.0. The molecular formula is C17H33N3O. The quantitative estimate of drug-likeness (QED) is 0.781. The third kappa shape index (κ3) is 5.59. The van der Waals surface area contributed by atoms with Gasteiger partial charge >= 0.3 is 0 Å². The first-order valence-electron chi connectivity index (χ1n) is 8.88. The maximum Gasteiger partial charge on any atom is 0.224 e. The zero-order valence-electron chi connectivity index (χ0n) is 13.9. The molecule has 4 heteroatoms. The average Bonchev–Trinajstić information content (AvgIpc) is 2.98. The number of nitrogens with one attached hydrogen (secondary N) is 1. The lowest BCUT2D eigenvalue weighted by Gasteiger charge is -2.34. The molecule has 0 aromatic rings. The van der Waals surface area contributed by atoms with E-state index in [4.69, 9.17) is 0 Å². The van der Waals surface area contributed by atoms with Gasteiger partial charge < -0.3 is 15.1 Å². The predicted molar refractivity (Wildman–Crippen MR) is 87.4 cm³/mol. The molecule has 122 valence electrons. The highest BCUT2D eigenvalue weighted by Gasteiger charge is 2.26. The number of hydrogen-bond acceptors (Lipinski definition) is 3. The molecule has 2 aliphatic rings. The van der Waals surface area contributed by atoms with E-state index in [9.17, 15) is 4.79 Å². The number of amides is 1. The minimum absolute atomic E-state index is 0.368. The molecule has 0 aromatic heterocycles. The van der Waals surface area contributed by atoms with Crippen LogP contribution in [0.25, 0.3) is 0 Å². The number of carbonyl (C=O) groups is 1. The van der Waals surface area contributed by atoms with Crippen LogP contribution in [-0.2, 0) is 4.79 Å². The largest absolute Gasteiger partial charge is 0.343 e. The van der Waals surface area contributed by atoms with E-state index in [0.29, 0.717) is 18.4 Å². The lowest BCUT2D eigenvalue weighted by molar-refractivity contribution is -0.133. The molecule has 1 amide bonds. The average molecular weight is 295 g/mol.